The van der Waals surface area contributed by atoms with Gasteiger partial charge in [-0.25, -0.2) is 0 Å². The minimum atomic E-state index is 0.776. The van der Waals surface area contributed by atoms with Crippen LogP contribution >= 0.6 is 11.8 Å². The molecule has 0 amide bonds. The van der Waals surface area contributed by atoms with E-state index < -0.39 is 0 Å². The summed E-state index contributed by atoms with van der Waals surface area (Å²) in [7, 11) is 0. The highest BCUT2D eigenvalue weighted by atomic mass is 32.2. The summed E-state index contributed by atoms with van der Waals surface area (Å²) in [5, 5.41) is 3.54. The molecule has 0 aliphatic heterocycles. The Balaban J connectivity index is 3.36. The van der Waals surface area contributed by atoms with Gasteiger partial charge < -0.3 is 5.32 Å². The van der Waals surface area contributed by atoms with Gasteiger partial charge in [0.15, 0.2) is 0 Å². The third-order valence-corrected chi connectivity index (χ3v) is 2.94. The van der Waals surface area contributed by atoms with Crippen LogP contribution in [-0.2, 0) is 0 Å². The van der Waals surface area contributed by atoms with Crippen LogP contribution < -0.4 is 5.32 Å². The molecule has 80 valence electrons. The van der Waals surface area contributed by atoms with E-state index >= 15 is 0 Å². The molecule has 0 aliphatic carbocycles. The maximum atomic E-state index is 3.54. The fourth-order valence-electron chi connectivity index (χ4n) is 1.31. The third-order valence-electron chi connectivity index (χ3n) is 2.29. The smallest absolute Gasteiger partial charge is 0.00202 e. The van der Waals surface area contributed by atoms with Crippen LogP contribution in [0.1, 0.15) is 33.6 Å². The molecule has 0 fully saturated rings. The normalized spacial score (nSPS) is 13.6. The van der Waals surface area contributed by atoms with Gasteiger partial charge in [-0.05, 0) is 43.4 Å². The van der Waals surface area contributed by atoms with Crippen molar-refractivity contribution in [1.29, 1.82) is 0 Å². The van der Waals surface area contributed by atoms with E-state index in [0.29, 0.717) is 0 Å². The van der Waals surface area contributed by atoms with E-state index in [1.165, 1.54) is 25.1 Å². The summed E-state index contributed by atoms with van der Waals surface area (Å²) in [6.07, 6.45) is 4.86. The summed E-state index contributed by atoms with van der Waals surface area (Å²) < 4.78 is 0. The molecule has 0 bridgehead atoms. The highest BCUT2D eigenvalue weighted by Crippen LogP contribution is 2.10. The second-order valence-corrected chi connectivity index (χ2v) is 5.09. The number of hydrogen-bond donors (Lipinski definition) is 1. The molecule has 0 aliphatic rings. The van der Waals surface area contributed by atoms with Crippen molar-refractivity contribution in [2.45, 2.75) is 33.6 Å². The van der Waals surface area contributed by atoms with Crippen LogP contribution in [0.25, 0.3) is 0 Å². The Morgan fingerprint density at radius 1 is 1.23 bits per heavy atom. The van der Waals surface area contributed by atoms with Gasteiger partial charge >= 0.3 is 0 Å². The second kappa shape index (κ2) is 8.89. The van der Waals surface area contributed by atoms with E-state index in [1.54, 1.807) is 0 Å². The zero-order valence-electron chi connectivity index (χ0n) is 9.60. The lowest BCUT2D eigenvalue weighted by Crippen LogP contribution is -2.26. The molecule has 0 heterocycles. The third kappa shape index (κ3) is 8.63. The lowest BCUT2D eigenvalue weighted by Gasteiger charge is -2.15. The lowest BCUT2D eigenvalue weighted by atomic mass is 10.0. The number of rotatable bonds is 8. The number of thioether (sulfide) groups is 1. The number of hydrogen-bond acceptors (Lipinski definition) is 2. The Kier molecular flexibility index (Phi) is 9.10. The highest BCUT2D eigenvalue weighted by Gasteiger charge is 2.05. The minimum absolute atomic E-state index is 0.776. The zero-order valence-corrected chi connectivity index (χ0v) is 10.4. The molecule has 1 nitrogen and oxygen atoms in total. The van der Waals surface area contributed by atoms with E-state index in [9.17, 15) is 0 Å². The Hall–Kier alpha value is 0.310. The molecule has 2 heteroatoms. The molecule has 1 unspecified atom stereocenters. The first kappa shape index (κ1) is 13.3. The molecular weight excluding hydrogens is 178 g/mol. The molecule has 0 saturated heterocycles. The fourth-order valence-corrected chi connectivity index (χ4v) is 1.88. The molecule has 1 N–H and O–H groups in total. The summed E-state index contributed by atoms with van der Waals surface area (Å²) in [6, 6.07) is 0. The topological polar surface area (TPSA) is 12.0 Å². The average Bonchev–Trinajstić information content (AvgIpc) is 2.10. The van der Waals surface area contributed by atoms with Crippen molar-refractivity contribution in [1.82, 2.24) is 5.32 Å². The predicted molar refractivity (Wildman–Crippen MR) is 64.5 cm³/mol. The van der Waals surface area contributed by atoms with Crippen molar-refractivity contribution < 1.29 is 0 Å². The van der Waals surface area contributed by atoms with Gasteiger partial charge in [0.25, 0.3) is 0 Å². The van der Waals surface area contributed by atoms with Gasteiger partial charge in [-0.3, -0.25) is 0 Å². The predicted octanol–water partition coefficient (Wildman–Crippen LogP) is 3.01. The van der Waals surface area contributed by atoms with E-state index in [4.69, 9.17) is 0 Å². The molecular formula is C11H25NS. The standard InChI is InChI=1S/C11H25NS/c1-5-11(6-7-13-4)9-12-8-10(2)3/h10-12H,5-9H2,1-4H3. The SMILES string of the molecule is CCC(CCSC)CNCC(C)C. The van der Waals surface area contributed by atoms with Gasteiger partial charge in [-0.1, -0.05) is 27.2 Å². The molecule has 0 spiro atoms. The average molecular weight is 203 g/mol. The monoisotopic (exact) mass is 203 g/mol. The maximum absolute atomic E-state index is 3.54. The van der Waals surface area contributed by atoms with Crippen LogP contribution in [-0.4, -0.2) is 25.1 Å². The van der Waals surface area contributed by atoms with Gasteiger partial charge in [0.05, 0.1) is 0 Å². The van der Waals surface area contributed by atoms with Gasteiger partial charge in [0, 0.05) is 0 Å². The molecule has 0 aromatic heterocycles. The molecule has 0 saturated carbocycles. The van der Waals surface area contributed by atoms with Crippen LogP contribution in [0.3, 0.4) is 0 Å². The van der Waals surface area contributed by atoms with E-state index in [2.05, 4.69) is 32.3 Å². The number of nitrogens with one attached hydrogen (secondary N) is 1. The van der Waals surface area contributed by atoms with Crippen LogP contribution in [0, 0.1) is 11.8 Å². The lowest BCUT2D eigenvalue weighted by molar-refractivity contribution is 0.432. The maximum Gasteiger partial charge on any atom is -0.00202 e. The summed E-state index contributed by atoms with van der Waals surface area (Å²) in [6.45, 7) is 9.18. The van der Waals surface area contributed by atoms with Crippen LogP contribution in [0.2, 0.25) is 0 Å². The fraction of sp³-hybridized carbons (Fsp3) is 1.00. The summed E-state index contributed by atoms with van der Waals surface area (Å²) in [5.41, 5.74) is 0. The van der Waals surface area contributed by atoms with Crippen LogP contribution in [0.4, 0.5) is 0 Å². The Labute approximate surface area is 88.1 Å². The van der Waals surface area contributed by atoms with Crippen molar-refractivity contribution in [3.8, 4) is 0 Å². The molecule has 1 atom stereocenters. The largest absolute Gasteiger partial charge is 0.316 e. The van der Waals surface area contributed by atoms with Crippen molar-refractivity contribution in [3.63, 3.8) is 0 Å². The Bertz CT molecular complexity index is 104. The summed E-state index contributed by atoms with van der Waals surface area (Å²) in [5.74, 6) is 2.96. The molecule has 0 rings (SSSR count). The first-order valence-electron chi connectivity index (χ1n) is 5.40. The quantitative estimate of drug-likeness (QED) is 0.651. The van der Waals surface area contributed by atoms with Gasteiger partial charge in [0.1, 0.15) is 0 Å². The Morgan fingerprint density at radius 3 is 2.38 bits per heavy atom. The van der Waals surface area contributed by atoms with Crippen molar-refractivity contribution >= 4 is 11.8 Å². The summed E-state index contributed by atoms with van der Waals surface area (Å²) in [4.78, 5) is 0. The van der Waals surface area contributed by atoms with E-state index in [0.717, 1.165) is 18.4 Å². The van der Waals surface area contributed by atoms with Gasteiger partial charge in [0.2, 0.25) is 0 Å². The summed E-state index contributed by atoms with van der Waals surface area (Å²) >= 11 is 1.96. The van der Waals surface area contributed by atoms with Gasteiger partial charge in [-0.2, -0.15) is 11.8 Å². The molecule has 0 aromatic rings. The van der Waals surface area contributed by atoms with E-state index in [-0.39, 0.29) is 0 Å². The first-order chi connectivity index (χ1) is 6.20. The van der Waals surface area contributed by atoms with E-state index in [1.807, 2.05) is 11.8 Å². The van der Waals surface area contributed by atoms with Crippen LogP contribution in [0.15, 0.2) is 0 Å². The minimum Gasteiger partial charge on any atom is -0.316 e. The first-order valence-corrected chi connectivity index (χ1v) is 6.79. The Morgan fingerprint density at radius 2 is 1.92 bits per heavy atom. The molecule has 13 heavy (non-hydrogen) atoms. The zero-order chi connectivity index (χ0) is 10.1. The van der Waals surface area contributed by atoms with Crippen molar-refractivity contribution in [3.05, 3.63) is 0 Å². The molecule has 0 aromatic carbocycles. The van der Waals surface area contributed by atoms with Crippen molar-refractivity contribution in [2.75, 3.05) is 25.1 Å². The molecule has 0 radical (unpaired) electrons. The van der Waals surface area contributed by atoms with Crippen LogP contribution in [0.5, 0.6) is 0 Å². The second-order valence-electron chi connectivity index (χ2n) is 4.11. The highest BCUT2D eigenvalue weighted by molar-refractivity contribution is 7.98. The van der Waals surface area contributed by atoms with Gasteiger partial charge in [-0.15, -0.1) is 0 Å². The van der Waals surface area contributed by atoms with Crippen molar-refractivity contribution in [2.24, 2.45) is 11.8 Å².